The summed E-state index contributed by atoms with van der Waals surface area (Å²) in [5.41, 5.74) is 3.80. The summed E-state index contributed by atoms with van der Waals surface area (Å²) in [6.07, 6.45) is 3.76. The third-order valence-electron chi connectivity index (χ3n) is 5.61. The Hall–Kier alpha value is -2.40. The molecule has 3 heterocycles. The molecule has 4 nitrogen and oxygen atoms in total. The highest BCUT2D eigenvalue weighted by atomic mass is 35.5. The number of fused-ring (bicyclic) bond motifs is 2. The van der Waals surface area contributed by atoms with E-state index in [1.54, 1.807) is 0 Å². The summed E-state index contributed by atoms with van der Waals surface area (Å²) in [5.74, 6) is 0. The molecule has 0 aliphatic carbocycles. The van der Waals surface area contributed by atoms with Crippen molar-refractivity contribution in [3.8, 4) is 0 Å². The van der Waals surface area contributed by atoms with Crippen molar-refractivity contribution in [3.63, 3.8) is 0 Å². The van der Waals surface area contributed by atoms with Crippen LogP contribution in [-0.2, 0) is 13.1 Å². The highest BCUT2D eigenvalue weighted by molar-refractivity contribution is 6.31. The summed E-state index contributed by atoms with van der Waals surface area (Å²) in [6.45, 7) is 6.36. The zero-order chi connectivity index (χ0) is 18.9. The fourth-order valence-electron chi connectivity index (χ4n) is 4.09. The van der Waals surface area contributed by atoms with Crippen LogP contribution >= 0.6 is 11.6 Å². The molecule has 0 saturated carbocycles. The van der Waals surface area contributed by atoms with Crippen LogP contribution < -0.4 is 0 Å². The van der Waals surface area contributed by atoms with Gasteiger partial charge in [-0.15, -0.1) is 0 Å². The standard InChI is InChI=1S/C23H23ClN4/c24-21-4-3-18-11-17(1-2-19(18)12-21)15-27-7-9-28(10-8-27)16-22-13-20-14-25-6-5-23(20)26-22/h1-6,11-14,26H,7-10,15-16H2. The number of hydrogen-bond acceptors (Lipinski definition) is 3. The van der Waals surface area contributed by atoms with E-state index in [2.05, 4.69) is 50.1 Å². The van der Waals surface area contributed by atoms with E-state index < -0.39 is 0 Å². The van der Waals surface area contributed by atoms with E-state index in [1.165, 1.54) is 32.9 Å². The second-order valence-corrected chi connectivity index (χ2v) is 8.07. The molecule has 5 rings (SSSR count). The number of benzene rings is 2. The summed E-state index contributed by atoms with van der Waals surface area (Å²) in [5, 5.41) is 4.44. The molecular weight excluding hydrogens is 368 g/mol. The maximum absolute atomic E-state index is 6.09. The Labute approximate surface area is 169 Å². The molecule has 1 aliphatic rings. The van der Waals surface area contributed by atoms with Gasteiger partial charge in [0.05, 0.1) is 0 Å². The molecule has 2 aromatic heterocycles. The van der Waals surface area contributed by atoms with Gasteiger partial charge in [-0.05, 0) is 46.7 Å². The second kappa shape index (κ2) is 7.55. The van der Waals surface area contributed by atoms with E-state index in [-0.39, 0.29) is 0 Å². The van der Waals surface area contributed by atoms with Crippen LogP contribution in [0, 0.1) is 0 Å². The van der Waals surface area contributed by atoms with Crippen molar-refractivity contribution in [3.05, 3.63) is 77.2 Å². The van der Waals surface area contributed by atoms with Crippen LogP contribution in [0.3, 0.4) is 0 Å². The van der Waals surface area contributed by atoms with Gasteiger partial charge in [-0.1, -0.05) is 29.8 Å². The van der Waals surface area contributed by atoms with E-state index in [1.807, 2.05) is 30.6 Å². The van der Waals surface area contributed by atoms with Crippen molar-refractivity contribution in [1.82, 2.24) is 19.8 Å². The third kappa shape index (κ3) is 3.76. The molecule has 1 N–H and O–H groups in total. The van der Waals surface area contributed by atoms with Gasteiger partial charge in [0.15, 0.2) is 0 Å². The van der Waals surface area contributed by atoms with Crippen LogP contribution in [0.25, 0.3) is 21.7 Å². The number of hydrogen-bond donors (Lipinski definition) is 1. The first-order chi connectivity index (χ1) is 13.7. The number of aromatic amines is 1. The van der Waals surface area contributed by atoms with Crippen LogP contribution in [0.1, 0.15) is 11.3 Å². The minimum absolute atomic E-state index is 0.794. The number of nitrogens with one attached hydrogen (secondary N) is 1. The first kappa shape index (κ1) is 17.7. The van der Waals surface area contributed by atoms with Gasteiger partial charge in [-0.2, -0.15) is 0 Å². The minimum Gasteiger partial charge on any atom is -0.357 e. The van der Waals surface area contributed by atoms with Crippen LogP contribution in [0.5, 0.6) is 0 Å². The van der Waals surface area contributed by atoms with Crippen molar-refractivity contribution >= 4 is 33.3 Å². The number of aromatic nitrogens is 2. The number of rotatable bonds is 4. The average molecular weight is 391 g/mol. The lowest BCUT2D eigenvalue weighted by atomic mass is 10.1. The Morgan fingerprint density at radius 1 is 0.821 bits per heavy atom. The van der Waals surface area contributed by atoms with Crippen molar-refractivity contribution in [2.45, 2.75) is 13.1 Å². The van der Waals surface area contributed by atoms with Gasteiger partial charge in [-0.25, -0.2) is 0 Å². The highest BCUT2D eigenvalue weighted by Gasteiger charge is 2.18. The van der Waals surface area contributed by atoms with Gasteiger partial charge in [0.1, 0.15) is 0 Å². The fraction of sp³-hybridized carbons (Fsp3) is 0.261. The lowest BCUT2D eigenvalue weighted by molar-refractivity contribution is 0.121. The number of pyridine rings is 1. The quantitative estimate of drug-likeness (QED) is 0.549. The number of piperazine rings is 1. The molecule has 1 aliphatic heterocycles. The summed E-state index contributed by atoms with van der Waals surface area (Å²) in [4.78, 5) is 12.8. The Balaban J connectivity index is 1.19. The van der Waals surface area contributed by atoms with Gasteiger partial charge in [0.25, 0.3) is 0 Å². The monoisotopic (exact) mass is 390 g/mol. The molecule has 0 atom stereocenters. The smallest absolute Gasteiger partial charge is 0.0487 e. The maximum Gasteiger partial charge on any atom is 0.0487 e. The average Bonchev–Trinajstić information content (AvgIpc) is 3.12. The summed E-state index contributed by atoms with van der Waals surface area (Å²) in [7, 11) is 0. The molecule has 28 heavy (non-hydrogen) atoms. The molecule has 4 aromatic rings. The zero-order valence-corrected chi connectivity index (χ0v) is 16.5. The predicted molar refractivity (Wildman–Crippen MR) is 116 cm³/mol. The van der Waals surface area contributed by atoms with Crippen molar-refractivity contribution in [2.75, 3.05) is 26.2 Å². The maximum atomic E-state index is 6.09. The van der Waals surface area contributed by atoms with E-state index in [9.17, 15) is 0 Å². The number of halogens is 1. The molecule has 5 heteroatoms. The fourth-order valence-corrected chi connectivity index (χ4v) is 4.27. The highest BCUT2D eigenvalue weighted by Crippen LogP contribution is 2.22. The first-order valence-corrected chi connectivity index (χ1v) is 10.2. The van der Waals surface area contributed by atoms with Crippen molar-refractivity contribution in [2.24, 2.45) is 0 Å². The van der Waals surface area contributed by atoms with Crippen LogP contribution in [-0.4, -0.2) is 45.9 Å². The molecule has 2 aromatic carbocycles. The van der Waals surface area contributed by atoms with Crippen LogP contribution in [0.4, 0.5) is 0 Å². The summed E-state index contributed by atoms with van der Waals surface area (Å²) >= 11 is 6.09. The van der Waals surface area contributed by atoms with Gasteiger partial charge >= 0.3 is 0 Å². The molecule has 0 unspecified atom stereocenters. The Kier molecular flexibility index (Phi) is 4.77. The normalized spacial score (nSPS) is 16.2. The zero-order valence-electron chi connectivity index (χ0n) is 15.7. The van der Waals surface area contributed by atoms with E-state index in [4.69, 9.17) is 11.6 Å². The molecule has 0 amide bonds. The Morgan fingerprint density at radius 2 is 1.57 bits per heavy atom. The SMILES string of the molecule is Clc1ccc2cc(CN3CCN(Cc4cc5cnccc5[nH]4)CC3)ccc2c1. The number of nitrogens with zero attached hydrogens (tertiary/aromatic N) is 3. The van der Waals surface area contributed by atoms with Crippen LogP contribution in [0.2, 0.25) is 5.02 Å². The Bertz CT molecular complexity index is 1080. The molecular formula is C23H23ClN4. The third-order valence-corrected chi connectivity index (χ3v) is 5.84. The van der Waals surface area contributed by atoms with Gasteiger partial charge < -0.3 is 4.98 Å². The summed E-state index contributed by atoms with van der Waals surface area (Å²) < 4.78 is 0. The van der Waals surface area contributed by atoms with E-state index in [0.717, 1.165) is 44.3 Å². The van der Waals surface area contributed by atoms with E-state index in [0.29, 0.717) is 0 Å². The lowest BCUT2D eigenvalue weighted by Crippen LogP contribution is -2.45. The summed E-state index contributed by atoms with van der Waals surface area (Å²) in [6, 6.07) is 17.0. The largest absolute Gasteiger partial charge is 0.357 e. The first-order valence-electron chi connectivity index (χ1n) is 9.77. The number of H-pyrrole nitrogens is 1. The Morgan fingerprint density at radius 3 is 2.39 bits per heavy atom. The van der Waals surface area contributed by atoms with Gasteiger partial charge in [0, 0.05) is 73.3 Å². The molecule has 1 fully saturated rings. The molecule has 142 valence electrons. The van der Waals surface area contributed by atoms with Crippen molar-refractivity contribution in [1.29, 1.82) is 0 Å². The molecule has 0 bridgehead atoms. The van der Waals surface area contributed by atoms with Gasteiger partial charge in [0.2, 0.25) is 0 Å². The second-order valence-electron chi connectivity index (χ2n) is 7.64. The van der Waals surface area contributed by atoms with E-state index >= 15 is 0 Å². The minimum atomic E-state index is 0.794. The molecule has 0 radical (unpaired) electrons. The van der Waals surface area contributed by atoms with Crippen LogP contribution in [0.15, 0.2) is 60.9 Å². The predicted octanol–water partition coefficient (Wildman–Crippen LogP) is 4.69. The van der Waals surface area contributed by atoms with Gasteiger partial charge in [-0.3, -0.25) is 14.8 Å². The molecule has 1 saturated heterocycles. The lowest BCUT2D eigenvalue weighted by Gasteiger charge is -2.34. The van der Waals surface area contributed by atoms with Crippen molar-refractivity contribution < 1.29 is 0 Å². The topological polar surface area (TPSA) is 35.2 Å². The molecule has 0 spiro atoms.